The Labute approximate surface area is 240 Å². The number of anilines is 1. The fraction of sp³-hybridized carbons (Fsp3) is 0.312. The molecule has 1 saturated heterocycles. The standard InChI is InChI=1S/C32H35N7O2/c1-32(2,37(3)4)17-23(18-33)31(40)39-16-8-9-24(39)19-38-20-27(28-29(34)35-21-36-30(28)38)22-12-14-26(15-13-22)41-25-10-6-5-7-11-25/h5-7,10-15,17,20-21,24H,8-9,16,19H2,1-4H3,(H2,34,35,36)/b23-17+. The lowest BCUT2D eigenvalue weighted by molar-refractivity contribution is -0.127. The number of likely N-dealkylation sites (N-methyl/N-ethyl adjacent to an activating group) is 1. The highest BCUT2D eigenvalue weighted by atomic mass is 16.5. The van der Waals surface area contributed by atoms with Gasteiger partial charge in [-0.3, -0.25) is 4.79 Å². The maximum Gasteiger partial charge on any atom is 0.264 e. The second-order valence-corrected chi connectivity index (χ2v) is 11.1. The number of hydrogen-bond donors (Lipinski definition) is 1. The summed E-state index contributed by atoms with van der Waals surface area (Å²) >= 11 is 0. The Morgan fingerprint density at radius 1 is 1.15 bits per heavy atom. The first-order valence-electron chi connectivity index (χ1n) is 13.7. The van der Waals surface area contributed by atoms with E-state index < -0.39 is 5.54 Å². The molecule has 1 atom stereocenters. The molecule has 1 fully saturated rings. The van der Waals surface area contributed by atoms with Crippen LogP contribution < -0.4 is 10.5 Å². The molecule has 210 valence electrons. The maximum absolute atomic E-state index is 13.5. The second kappa shape index (κ2) is 11.4. The summed E-state index contributed by atoms with van der Waals surface area (Å²) < 4.78 is 8.01. The maximum atomic E-state index is 13.5. The predicted octanol–water partition coefficient (Wildman–Crippen LogP) is 5.25. The highest BCUT2D eigenvalue weighted by molar-refractivity contribution is 6.01. The Morgan fingerprint density at radius 2 is 1.85 bits per heavy atom. The number of nitrogens with zero attached hydrogens (tertiary/aromatic N) is 6. The molecule has 1 unspecified atom stereocenters. The van der Waals surface area contributed by atoms with Gasteiger partial charge in [0.05, 0.1) is 11.4 Å². The van der Waals surface area contributed by atoms with Gasteiger partial charge in [-0.25, -0.2) is 9.97 Å². The average molecular weight is 550 g/mol. The molecule has 9 heteroatoms. The van der Waals surface area contributed by atoms with E-state index in [1.54, 1.807) is 6.08 Å². The molecule has 0 spiro atoms. The van der Waals surface area contributed by atoms with Crippen molar-refractivity contribution in [1.82, 2.24) is 24.3 Å². The lowest BCUT2D eigenvalue weighted by atomic mass is 9.99. The molecule has 1 amide bonds. The number of nitrogens with two attached hydrogens (primary N) is 1. The SMILES string of the molecule is CN(C)C(C)(C)/C=C(\C#N)C(=O)N1CCCC1Cn1cc(-c2ccc(Oc3ccccc3)cc2)c2c(N)ncnc21. The summed E-state index contributed by atoms with van der Waals surface area (Å²) in [5.74, 6) is 1.66. The first-order chi connectivity index (χ1) is 19.7. The minimum atomic E-state index is -0.433. The van der Waals surface area contributed by atoms with E-state index in [4.69, 9.17) is 10.5 Å². The van der Waals surface area contributed by atoms with Gasteiger partial charge in [0.25, 0.3) is 5.91 Å². The molecule has 2 aromatic carbocycles. The summed E-state index contributed by atoms with van der Waals surface area (Å²) in [4.78, 5) is 26.2. The Morgan fingerprint density at radius 3 is 2.54 bits per heavy atom. The fourth-order valence-corrected chi connectivity index (χ4v) is 5.13. The average Bonchev–Trinajstić information content (AvgIpc) is 3.58. The molecule has 3 heterocycles. The molecular formula is C32H35N7O2. The smallest absolute Gasteiger partial charge is 0.264 e. The molecule has 0 saturated carbocycles. The highest BCUT2D eigenvalue weighted by Crippen LogP contribution is 2.35. The molecule has 0 bridgehead atoms. The Balaban J connectivity index is 1.43. The van der Waals surface area contributed by atoms with Crippen LogP contribution in [0.1, 0.15) is 26.7 Å². The minimum Gasteiger partial charge on any atom is -0.457 e. The van der Waals surface area contributed by atoms with Crippen molar-refractivity contribution in [2.45, 2.75) is 44.8 Å². The Bertz CT molecular complexity index is 1620. The van der Waals surface area contributed by atoms with Crippen molar-refractivity contribution in [3.05, 3.63) is 78.8 Å². The normalized spacial score (nSPS) is 15.9. The first-order valence-corrected chi connectivity index (χ1v) is 13.7. The van der Waals surface area contributed by atoms with Crippen LogP contribution in [-0.2, 0) is 11.3 Å². The van der Waals surface area contributed by atoms with Gasteiger partial charge in [0.15, 0.2) is 0 Å². The number of amides is 1. The van der Waals surface area contributed by atoms with Crippen molar-refractivity contribution < 1.29 is 9.53 Å². The van der Waals surface area contributed by atoms with Crippen molar-refractivity contribution in [3.63, 3.8) is 0 Å². The Hall–Kier alpha value is -4.68. The number of aromatic nitrogens is 3. The Kier molecular flexibility index (Phi) is 7.77. The van der Waals surface area contributed by atoms with Crippen LogP contribution in [0, 0.1) is 11.3 Å². The molecule has 5 rings (SSSR count). The zero-order chi connectivity index (χ0) is 29.1. The molecule has 2 N–H and O–H groups in total. The van der Waals surface area contributed by atoms with Crippen LogP contribution in [0.2, 0.25) is 0 Å². The van der Waals surface area contributed by atoms with Crippen LogP contribution in [-0.4, -0.2) is 62.5 Å². The third-order valence-electron chi connectivity index (χ3n) is 7.87. The topological polar surface area (TPSA) is 113 Å². The quantitative estimate of drug-likeness (QED) is 0.236. The molecule has 1 aliphatic heterocycles. The number of nitriles is 1. The predicted molar refractivity (Wildman–Crippen MR) is 160 cm³/mol. The highest BCUT2D eigenvalue weighted by Gasteiger charge is 2.33. The summed E-state index contributed by atoms with van der Waals surface area (Å²) in [6.45, 7) is 5.11. The lowest BCUT2D eigenvalue weighted by Crippen LogP contribution is -2.41. The number of hydrogen-bond acceptors (Lipinski definition) is 7. The number of nitrogen functional groups attached to an aromatic ring is 1. The summed E-state index contributed by atoms with van der Waals surface area (Å²) in [5.41, 5.74) is 8.67. The number of fused-ring (bicyclic) bond motifs is 1. The van der Waals surface area contributed by atoms with E-state index in [-0.39, 0.29) is 17.5 Å². The van der Waals surface area contributed by atoms with Gasteiger partial charge in [0.1, 0.15) is 40.9 Å². The number of benzene rings is 2. The van der Waals surface area contributed by atoms with Gasteiger partial charge < -0.3 is 24.8 Å². The van der Waals surface area contributed by atoms with Crippen molar-refractivity contribution in [3.8, 4) is 28.7 Å². The molecular weight excluding hydrogens is 514 g/mol. The van der Waals surface area contributed by atoms with Crippen molar-refractivity contribution >= 4 is 22.8 Å². The number of para-hydroxylation sites is 1. The second-order valence-electron chi connectivity index (χ2n) is 11.1. The van der Waals surface area contributed by atoms with E-state index in [0.717, 1.165) is 40.9 Å². The largest absolute Gasteiger partial charge is 0.457 e. The van der Waals surface area contributed by atoms with Gasteiger partial charge in [-0.05, 0) is 76.7 Å². The molecule has 2 aromatic heterocycles. The number of rotatable bonds is 8. The zero-order valence-electron chi connectivity index (χ0n) is 23.9. The van der Waals surface area contributed by atoms with Crippen molar-refractivity contribution in [2.24, 2.45) is 0 Å². The molecule has 1 aliphatic rings. The van der Waals surface area contributed by atoms with E-state index in [2.05, 4.69) is 16.0 Å². The van der Waals surface area contributed by atoms with E-state index in [1.165, 1.54) is 6.33 Å². The molecule has 4 aromatic rings. The van der Waals surface area contributed by atoms with Crippen molar-refractivity contribution in [2.75, 3.05) is 26.4 Å². The van der Waals surface area contributed by atoms with Crippen LogP contribution >= 0.6 is 0 Å². The lowest BCUT2D eigenvalue weighted by Gasteiger charge is -2.30. The monoisotopic (exact) mass is 549 g/mol. The van der Waals surface area contributed by atoms with Crippen LogP contribution in [0.4, 0.5) is 5.82 Å². The molecule has 41 heavy (non-hydrogen) atoms. The summed E-state index contributed by atoms with van der Waals surface area (Å²) in [6.07, 6.45) is 6.96. The molecule has 9 nitrogen and oxygen atoms in total. The summed E-state index contributed by atoms with van der Waals surface area (Å²) in [5, 5.41) is 10.6. The number of ether oxygens (including phenoxy) is 1. The van der Waals surface area contributed by atoms with Crippen LogP contribution in [0.15, 0.2) is 78.8 Å². The van der Waals surface area contributed by atoms with Gasteiger partial charge in [0, 0.05) is 30.4 Å². The van der Waals surface area contributed by atoms with Crippen LogP contribution in [0.5, 0.6) is 11.5 Å². The van der Waals surface area contributed by atoms with Gasteiger partial charge >= 0.3 is 0 Å². The summed E-state index contributed by atoms with van der Waals surface area (Å²) in [6, 6.07) is 19.5. The number of carbonyl (C=O) groups is 1. The van der Waals surface area contributed by atoms with Gasteiger partial charge in [-0.2, -0.15) is 5.26 Å². The molecule has 0 aliphatic carbocycles. The van der Waals surface area contributed by atoms with Crippen LogP contribution in [0.3, 0.4) is 0 Å². The van der Waals surface area contributed by atoms with Gasteiger partial charge in [-0.1, -0.05) is 30.3 Å². The third-order valence-corrected chi connectivity index (χ3v) is 7.87. The van der Waals surface area contributed by atoms with Gasteiger partial charge in [-0.15, -0.1) is 0 Å². The van der Waals surface area contributed by atoms with E-state index >= 15 is 0 Å². The zero-order valence-corrected chi connectivity index (χ0v) is 23.9. The number of likely N-dealkylation sites (tertiary alicyclic amines) is 1. The first kappa shape index (κ1) is 27.9. The van der Waals surface area contributed by atoms with Gasteiger partial charge in [0.2, 0.25) is 0 Å². The fourth-order valence-electron chi connectivity index (χ4n) is 5.13. The summed E-state index contributed by atoms with van der Waals surface area (Å²) in [7, 11) is 3.86. The van der Waals surface area contributed by atoms with E-state index in [1.807, 2.05) is 103 Å². The minimum absolute atomic E-state index is 0.0805. The van der Waals surface area contributed by atoms with Crippen molar-refractivity contribution in [1.29, 1.82) is 5.26 Å². The third kappa shape index (κ3) is 5.79. The van der Waals surface area contributed by atoms with E-state index in [9.17, 15) is 10.1 Å². The number of carbonyl (C=O) groups excluding carboxylic acids is 1. The molecule has 0 radical (unpaired) electrons. The van der Waals surface area contributed by atoms with Crippen LogP contribution in [0.25, 0.3) is 22.2 Å². The van der Waals surface area contributed by atoms with E-state index in [0.29, 0.717) is 24.6 Å².